The summed E-state index contributed by atoms with van der Waals surface area (Å²) in [4.78, 5) is 12.5. The standard InChI is InChI=1S/C23H28FN3O5S/c1-16-22(21(32-26-16)9-8-17-5-2-3-7-20(17)24)33(29,30)27-12-10-18(11-13-27)23(28)25-15-19-6-4-14-31-19/h2-3,5,7-9,18-19H,4,6,10-15H2,1H3,(H,25,28)/b9-8+/t19-/m1/s1. The molecule has 1 N–H and O–H groups in total. The SMILES string of the molecule is Cc1noc(/C=C/c2ccccc2F)c1S(=O)(=O)N1CCC(C(=O)NC[C@H]2CCCO2)CC1. The van der Waals surface area contributed by atoms with E-state index < -0.39 is 15.8 Å². The molecule has 33 heavy (non-hydrogen) atoms. The maximum atomic E-state index is 13.9. The Bertz CT molecular complexity index is 1120. The Labute approximate surface area is 192 Å². The molecule has 0 bridgehead atoms. The van der Waals surface area contributed by atoms with E-state index in [0.717, 1.165) is 19.4 Å². The molecule has 1 amide bonds. The van der Waals surface area contributed by atoms with Gasteiger partial charge in [0.2, 0.25) is 15.9 Å². The van der Waals surface area contributed by atoms with Crippen LogP contribution in [0.2, 0.25) is 0 Å². The zero-order chi connectivity index (χ0) is 23.4. The van der Waals surface area contributed by atoms with Gasteiger partial charge in [-0.3, -0.25) is 4.79 Å². The number of carbonyl (C=O) groups is 1. The molecule has 2 aliphatic heterocycles. The van der Waals surface area contributed by atoms with Gasteiger partial charge in [0.05, 0.1) is 6.10 Å². The Balaban J connectivity index is 1.41. The van der Waals surface area contributed by atoms with Gasteiger partial charge in [-0.05, 0) is 50.8 Å². The van der Waals surface area contributed by atoms with Crippen LogP contribution in [-0.2, 0) is 19.6 Å². The monoisotopic (exact) mass is 477 g/mol. The van der Waals surface area contributed by atoms with Crippen LogP contribution in [0.15, 0.2) is 33.7 Å². The summed E-state index contributed by atoms with van der Waals surface area (Å²) in [5, 5.41) is 6.75. The number of carbonyl (C=O) groups excluding carboxylic acids is 1. The number of piperidine rings is 1. The lowest BCUT2D eigenvalue weighted by atomic mass is 9.97. The van der Waals surface area contributed by atoms with Crippen LogP contribution in [0.25, 0.3) is 12.2 Å². The first-order valence-electron chi connectivity index (χ1n) is 11.1. The molecule has 1 aromatic carbocycles. The van der Waals surface area contributed by atoms with Crippen molar-refractivity contribution in [3.05, 3.63) is 47.1 Å². The maximum Gasteiger partial charge on any atom is 0.248 e. The van der Waals surface area contributed by atoms with E-state index in [0.29, 0.717) is 24.9 Å². The molecular weight excluding hydrogens is 449 g/mol. The Morgan fingerprint density at radius 2 is 2.00 bits per heavy atom. The molecule has 10 heteroatoms. The van der Waals surface area contributed by atoms with Crippen LogP contribution < -0.4 is 5.32 Å². The third kappa shape index (κ3) is 5.34. The first kappa shape index (κ1) is 23.6. The van der Waals surface area contributed by atoms with Gasteiger partial charge in [-0.15, -0.1) is 0 Å². The normalized spacial score (nSPS) is 20.5. The van der Waals surface area contributed by atoms with Gasteiger partial charge in [0.25, 0.3) is 0 Å². The third-order valence-corrected chi connectivity index (χ3v) is 8.16. The summed E-state index contributed by atoms with van der Waals surface area (Å²) in [6.45, 7) is 3.23. The molecule has 2 aliphatic rings. The fourth-order valence-corrected chi connectivity index (χ4v) is 5.95. The van der Waals surface area contributed by atoms with E-state index in [1.807, 2.05) is 0 Å². The van der Waals surface area contributed by atoms with Crippen LogP contribution in [0.5, 0.6) is 0 Å². The zero-order valence-electron chi connectivity index (χ0n) is 18.5. The van der Waals surface area contributed by atoms with E-state index >= 15 is 0 Å². The molecule has 1 aromatic heterocycles. The number of hydrogen-bond acceptors (Lipinski definition) is 6. The highest BCUT2D eigenvalue weighted by atomic mass is 32.2. The molecule has 0 radical (unpaired) electrons. The van der Waals surface area contributed by atoms with Crippen LogP contribution in [-0.4, -0.2) is 56.1 Å². The van der Waals surface area contributed by atoms with Crippen LogP contribution in [0.4, 0.5) is 4.39 Å². The van der Waals surface area contributed by atoms with Crippen molar-refractivity contribution in [2.24, 2.45) is 5.92 Å². The van der Waals surface area contributed by atoms with Crippen molar-refractivity contribution in [3.63, 3.8) is 0 Å². The lowest BCUT2D eigenvalue weighted by molar-refractivity contribution is -0.126. The topological polar surface area (TPSA) is 102 Å². The fraction of sp³-hybridized carbons (Fsp3) is 0.478. The molecular formula is C23H28FN3O5S. The molecule has 178 valence electrons. The predicted octanol–water partition coefficient (Wildman–Crippen LogP) is 2.99. The van der Waals surface area contributed by atoms with Gasteiger partial charge in [0.1, 0.15) is 11.5 Å². The van der Waals surface area contributed by atoms with Crippen LogP contribution in [0.1, 0.15) is 42.7 Å². The number of aryl methyl sites for hydroxylation is 1. The molecule has 2 fully saturated rings. The molecule has 2 aromatic rings. The highest BCUT2D eigenvalue weighted by Crippen LogP contribution is 2.29. The molecule has 1 atom stereocenters. The number of amides is 1. The largest absolute Gasteiger partial charge is 0.376 e. The average Bonchev–Trinajstić information content (AvgIpc) is 3.47. The number of halogens is 1. The predicted molar refractivity (Wildman–Crippen MR) is 120 cm³/mol. The van der Waals surface area contributed by atoms with Crippen molar-refractivity contribution in [1.82, 2.24) is 14.8 Å². The van der Waals surface area contributed by atoms with Crippen molar-refractivity contribution in [2.45, 2.75) is 43.6 Å². The Morgan fingerprint density at radius 3 is 2.70 bits per heavy atom. The molecule has 8 nitrogen and oxygen atoms in total. The van der Waals surface area contributed by atoms with Crippen LogP contribution in [0, 0.1) is 18.7 Å². The lowest BCUT2D eigenvalue weighted by Crippen LogP contribution is -2.44. The quantitative estimate of drug-likeness (QED) is 0.658. The van der Waals surface area contributed by atoms with E-state index in [4.69, 9.17) is 9.26 Å². The molecule has 4 rings (SSSR count). The van der Waals surface area contributed by atoms with Crippen molar-refractivity contribution in [2.75, 3.05) is 26.2 Å². The van der Waals surface area contributed by atoms with Crippen LogP contribution >= 0.6 is 0 Å². The number of hydrogen-bond donors (Lipinski definition) is 1. The van der Waals surface area contributed by atoms with E-state index in [1.165, 1.54) is 22.5 Å². The molecule has 0 saturated carbocycles. The number of sulfonamides is 1. The van der Waals surface area contributed by atoms with Gasteiger partial charge >= 0.3 is 0 Å². The molecule has 0 spiro atoms. The zero-order valence-corrected chi connectivity index (χ0v) is 19.3. The van der Waals surface area contributed by atoms with Gasteiger partial charge in [0, 0.05) is 37.7 Å². The van der Waals surface area contributed by atoms with Crippen molar-refractivity contribution in [3.8, 4) is 0 Å². The average molecular weight is 478 g/mol. The minimum atomic E-state index is -3.89. The maximum absolute atomic E-state index is 13.9. The van der Waals surface area contributed by atoms with Crippen LogP contribution in [0.3, 0.4) is 0 Å². The van der Waals surface area contributed by atoms with E-state index in [9.17, 15) is 17.6 Å². The number of rotatable bonds is 7. The van der Waals surface area contributed by atoms with Gasteiger partial charge in [-0.1, -0.05) is 23.4 Å². The van der Waals surface area contributed by atoms with E-state index in [1.54, 1.807) is 25.1 Å². The van der Waals surface area contributed by atoms with Gasteiger partial charge in [-0.2, -0.15) is 4.31 Å². The Hall–Kier alpha value is -2.56. The fourth-order valence-electron chi connectivity index (χ4n) is 4.23. The summed E-state index contributed by atoms with van der Waals surface area (Å²) in [5.41, 5.74) is 0.546. The second kappa shape index (κ2) is 10.1. The molecule has 3 heterocycles. The summed E-state index contributed by atoms with van der Waals surface area (Å²) in [5.74, 6) is -0.666. The first-order chi connectivity index (χ1) is 15.9. The third-order valence-electron chi connectivity index (χ3n) is 6.10. The number of ether oxygens (including phenoxy) is 1. The number of aromatic nitrogens is 1. The highest BCUT2D eigenvalue weighted by Gasteiger charge is 2.36. The minimum Gasteiger partial charge on any atom is -0.376 e. The number of nitrogens with one attached hydrogen (secondary N) is 1. The van der Waals surface area contributed by atoms with Gasteiger partial charge in [0.15, 0.2) is 10.7 Å². The Morgan fingerprint density at radius 1 is 1.24 bits per heavy atom. The Kier molecular flexibility index (Phi) is 7.26. The number of benzene rings is 1. The summed E-state index contributed by atoms with van der Waals surface area (Å²) in [6, 6.07) is 6.17. The van der Waals surface area contributed by atoms with Crippen molar-refractivity contribution < 1.29 is 26.9 Å². The lowest BCUT2D eigenvalue weighted by Gasteiger charge is -2.30. The van der Waals surface area contributed by atoms with Crippen molar-refractivity contribution >= 4 is 28.1 Å². The summed E-state index contributed by atoms with van der Waals surface area (Å²) in [6.07, 6.45) is 5.76. The number of nitrogens with zero attached hydrogens (tertiary/aromatic N) is 2. The van der Waals surface area contributed by atoms with E-state index in [-0.39, 0.29) is 47.4 Å². The van der Waals surface area contributed by atoms with Gasteiger partial charge < -0.3 is 14.6 Å². The van der Waals surface area contributed by atoms with Crippen molar-refractivity contribution in [1.29, 1.82) is 0 Å². The molecule has 0 unspecified atom stereocenters. The first-order valence-corrected chi connectivity index (χ1v) is 12.6. The van der Waals surface area contributed by atoms with E-state index in [2.05, 4.69) is 10.5 Å². The summed E-state index contributed by atoms with van der Waals surface area (Å²) in [7, 11) is -3.89. The second-order valence-electron chi connectivity index (χ2n) is 8.37. The molecule has 2 saturated heterocycles. The second-order valence-corrected chi connectivity index (χ2v) is 10.2. The smallest absolute Gasteiger partial charge is 0.248 e. The summed E-state index contributed by atoms with van der Waals surface area (Å²) >= 11 is 0. The minimum absolute atomic E-state index is 0.0311. The summed E-state index contributed by atoms with van der Waals surface area (Å²) < 4.78 is 52.7. The van der Waals surface area contributed by atoms with Gasteiger partial charge in [-0.25, -0.2) is 12.8 Å². The molecule has 0 aliphatic carbocycles. The highest BCUT2D eigenvalue weighted by molar-refractivity contribution is 7.89.